The number of hydrogen-bond acceptors (Lipinski definition) is 4. The zero-order chi connectivity index (χ0) is 18.9. The molecule has 5 nitrogen and oxygen atoms in total. The molecule has 2 heterocycles. The molecule has 27 heavy (non-hydrogen) atoms. The number of carbonyl (C=O) groups is 1. The smallest absolute Gasteiger partial charge is 0.230 e. The van der Waals surface area contributed by atoms with Gasteiger partial charge < -0.3 is 15.0 Å². The molecule has 1 amide bonds. The van der Waals surface area contributed by atoms with Crippen molar-refractivity contribution in [3.05, 3.63) is 35.9 Å². The SMILES string of the molecule is CN(C)C[C@@H]1CN(C2CCOCC2)C[C@H]1NC(=O)C1(c2ccccc2)CC1. The maximum absolute atomic E-state index is 13.2. The first-order valence-electron chi connectivity index (χ1n) is 10.4. The maximum Gasteiger partial charge on any atom is 0.230 e. The molecule has 4 rings (SSSR count). The summed E-state index contributed by atoms with van der Waals surface area (Å²) in [6, 6.07) is 11.2. The van der Waals surface area contributed by atoms with E-state index in [0.717, 1.165) is 58.5 Å². The summed E-state index contributed by atoms with van der Waals surface area (Å²) in [6.45, 7) is 4.80. The van der Waals surface area contributed by atoms with Crippen molar-refractivity contribution in [2.45, 2.75) is 43.2 Å². The Hall–Kier alpha value is -1.43. The van der Waals surface area contributed by atoms with Crippen molar-refractivity contribution >= 4 is 5.91 Å². The molecular formula is C22H33N3O2. The summed E-state index contributed by atoms with van der Waals surface area (Å²) in [5.74, 6) is 0.717. The lowest BCUT2D eigenvalue weighted by Gasteiger charge is -2.31. The van der Waals surface area contributed by atoms with E-state index in [0.29, 0.717) is 12.0 Å². The Morgan fingerprint density at radius 3 is 2.52 bits per heavy atom. The topological polar surface area (TPSA) is 44.8 Å². The lowest BCUT2D eigenvalue weighted by Crippen LogP contribution is -2.47. The fourth-order valence-electron chi connectivity index (χ4n) is 4.91. The molecule has 0 bridgehead atoms. The van der Waals surface area contributed by atoms with Crippen LogP contribution in [0.3, 0.4) is 0 Å². The molecule has 1 saturated carbocycles. The minimum Gasteiger partial charge on any atom is -0.381 e. The molecule has 0 unspecified atom stereocenters. The van der Waals surface area contributed by atoms with Gasteiger partial charge in [0.15, 0.2) is 0 Å². The summed E-state index contributed by atoms with van der Waals surface area (Å²) >= 11 is 0. The molecule has 0 aromatic heterocycles. The van der Waals surface area contributed by atoms with E-state index in [4.69, 9.17) is 4.74 Å². The van der Waals surface area contributed by atoms with Gasteiger partial charge in [0.1, 0.15) is 0 Å². The fourth-order valence-corrected chi connectivity index (χ4v) is 4.91. The van der Waals surface area contributed by atoms with Gasteiger partial charge in [-0.05, 0) is 45.3 Å². The first kappa shape index (κ1) is 18.9. The largest absolute Gasteiger partial charge is 0.381 e. The number of amides is 1. The van der Waals surface area contributed by atoms with Crippen LogP contribution < -0.4 is 5.32 Å². The Kier molecular flexibility index (Phi) is 5.53. The average molecular weight is 372 g/mol. The number of rotatable bonds is 6. The second-order valence-electron chi connectivity index (χ2n) is 8.85. The van der Waals surface area contributed by atoms with Crippen LogP contribution in [0.4, 0.5) is 0 Å². The van der Waals surface area contributed by atoms with Gasteiger partial charge in [-0.2, -0.15) is 0 Å². The Labute approximate surface area is 163 Å². The van der Waals surface area contributed by atoms with E-state index in [1.54, 1.807) is 0 Å². The number of hydrogen-bond donors (Lipinski definition) is 1. The van der Waals surface area contributed by atoms with Gasteiger partial charge in [0.25, 0.3) is 0 Å². The fraction of sp³-hybridized carbons (Fsp3) is 0.682. The molecule has 2 atom stereocenters. The minimum absolute atomic E-state index is 0.233. The Morgan fingerprint density at radius 1 is 1.19 bits per heavy atom. The van der Waals surface area contributed by atoms with Gasteiger partial charge in [0, 0.05) is 50.8 Å². The zero-order valence-corrected chi connectivity index (χ0v) is 16.7. The van der Waals surface area contributed by atoms with E-state index in [1.165, 1.54) is 5.56 Å². The van der Waals surface area contributed by atoms with Crippen molar-refractivity contribution in [3.63, 3.8) is 0 Å². The number of benzene rings is 1. The minimum atomic E-state index is -0.282. The standard InChI is InChI=1S/C22H33N3O2/c1-24(2)14-17-15-25(19-8-12-27-13-9-19)16-20(17)23-21(26)22(10-11-22)18-6-4-3-5-7-18/h3-7,17,19-20H,8-16H2,1-2H3,(H,23,26)/t17-,20-/m1/s1. The van der Waals surface area contributed by atoms with E-state index in [1.807, 2.05) is 18.2 Å². The summed E-state index contributed by atoms with van der Waals surface area (Å²) in [7, 11) is 4.25. The third kappa shape index (κ3) is 4.05. The molecule has 1 aromatic carbocycles. The predicted octanol–water partition coefficient (Wildman–Crippen LogP) is 1.88. The predicted molar refractivity (Wildman–Crippen MR) is 107 cm³/mol. The number of carbonyl (C=O) groups excluding carboxylic acids is 1. The molecule has 2 saturated heterocycles. The van der Waals surface area contributed by atoms with Gasteiger partial charge in [-0.1, -0.05) is 30.3 Å². The van der Waals surface area contributed by atoms with Crippen molar-refractivity contribution < 1.29 is 9.53 Å². The van der Waals surface area contributed by atoms with Crippen LogP contribution in [0.5, 0.6) is 0 Å². The molecule has 1 aliphatic carbocycles. The van der Waals surface area contributed by atoms with Crippen LogP contribution in [0.15, 0.2) is 30.3 Å². The van der Waals surface area contributed by atoms with E-state index >= 15 is 0 Å². The maximum atomic E-state index is 13.2. The number of likely N-dealkylation sites (tertiary alicyclic amines) is 1. The summed E-state index contributed by atoms with van der Waals surface area (Å²) in [6.07, 6.45) is 4.17. The van der Waals surface area contributed by atoms with Crippen LogP contribution in [0.2, 0.25) is 0 Å². The molecule has 3 aliphatic rings. The van der Waals surface area contributed by atoms with Crippen LogP contribution in [-0.4, -0.2) is 74.7 Å². The highest BCUT2D eigenvalue weighted by molar-refractivity contribution is 5.91. The lowest BCUT2D eigenvalue weighted by atomic mass is 9.93. The van der Waals surface area contributed by atoms with Crippen LogP contribution in [0.1, 0.15) is 31.2 Å². The Bertz CT molecular complexity index is 638. The van der Waals surface area contributed by atoms with Crippen LogP contribution in [0, 0.1) is 5.92 Å². The summed E-state index contributed by atoms with van der Waals surface area (Å²) in [5.41, 5.74) is 0.890. The van der Waals surface area contributed by atoms with Gasteiger partial charge in [0.05, 0.1) is 5.41 Å². The third-order valence-electron chi connectivity index (χ3n) is 6.60. The monoisotopic (exact) mass is 371 g/mol. The van der Waals surface area contributed by atoms with Gasteiger partial charge in [-0.15, -0.1) is 0 Å². The molecular weight excluding hydrogens is 338 g/mol. The number of nitrogens with zero attached hydrogens (tertiary/aromatic N) is 2. The molecule has 5 heteroatoms. The molecule has 0 radical (unpaired) electrons. The lowest BCUT2D eigenvalue weighted by molar-refractivity contribution is -0.124. The third-order valence-corrected chi connectivity index (χ3v) is 6.60. The van der Waals surface area contributed by atoms with Crippen LogP contribution >= 0.6 is 0 Å². The first-order valence-corrected chi connectivity index (χ1v) is 10.4. The normalized spacial score (nSPS) is 28.4. The number of ether oxygens (including phenoxy) is 1. The number of nitrogens with one attached hydrogen (secondary N) is 1. The van der Waals surface area contributed by atoms with Gasteiger partial charge in [-0.3, -0.25) is 9.69 Å². The molecule has 0 spiro atoms. The van der Waals surface area contributed by atoms with Crippen molar-refractivity contribution in [1.29, 1.82) is 0 Å². The molecule has 3 fully saturated rings. The van der Waals surface area contributed by atoms with E-state index < -0.39 is 0 Å². The van der Waals surface area contributed by atoms with Gasteiger partial charge >= 0.3 is 0 Å². The zero-order valence-electron chi connectivity index (χ0n) is 16.7. The van der Waals surface area contributed by atoms with Crippen molar-refractivity contribution in [3.8, 4) is 0 Å². The average Bonchev–Trinajstić information content (AvgIpc) is 3.41. The highest BCUT2D eigenvalue weighted by atomic mass is 16.5. The molecule has 1 N–H and O–H groups in total. The van der Waals surface area contributed by atoms with Crippen LogP contribution in [0.25, 0.3) is 0 Å². The summed E-state index contributed by atoms with van der Waals surface area (Å²) < 4.78 is 5.54. The highest BCUT2D eigenvalue weighted by Crippen LogP contribution is 2.48. The highest BCUT2D eigenvalue weighted by Gasteiger charge is 2.52. The molecule has 148 valence electrons. The molecule has 1 aromatic rings. The van der Waals surface area contributed by atoms with Gasteiger partial charge in [-0.25, -0.2) is 0 Å². The Morgan fingerprint density at radius 2 is 1.89 bits per heavy atom. The summed E-state index contributed by atoms with van der Waals surface area (Å²) in [4.78, 5) is 18.1. The van der Waals surface area contributed by atoms with Crippen molar-refractivity contribution in [2.24, 2.45) is 5.92 Å². The Balaban J connectivity index is 1.44. The molecule has 2 aliphatic heterocycles. The van der Waals surface area contributed by atoms with E-state index in [-0.39, 0.29) is 17.4 Å². The summed E-state index contributed by atoms with van der Waals surface area (Å²) in [5, 5.41) is 3.47. The second-order valence-corrected chi connectivity index (χ2v) is 8.85. The quantitative estimate of drug-likeness (QED) is 0.829. The van der Waals surface area contributed by atoms with Crippen molar-refractivity contribution in [1.82, 2.24) is 15.1 Å². The van der Waals surface area contributed by atoms with Crippen LogP contribution in [-0.2, 0) is 14.9 Å². The van der Waals surface area contributed by atoms with Gasteiger partial charge in [0.2, 0.25) is 5.91 Å². The van der Waals surface area contributed by atoms with E-state index in [9.17, 15) is 4.79 Å². The van der Waals surface area contributed by atoms with Crippen molar-refractivity contribution in [2.75, 3.05) is 46.9 Å². The first-order chi connectivity index (χ1) is 13.1. The second kappa shape index (κ2) is 7.90. The van der Waals surface area contributed by atoms with E-state index in [2.05, 4.69) is 41.3 Å².